The highest BCUT2D eigenvalue weighted by Gasteiger charge is 2.10. The van der Waals surface area contributed by atoms with E-state index in [0.717, 1.165) is 6.42 Å². The summed E-state index contributed by atoms with van der Waals surface area (Å²) in [5.74, 6) is 0. The zero-order valence-electron chi connectivity index (χ0n) is 11.4. The van der Waals surface area contributed by atoms with Crippen molar-refractivity contribution in [2.75, 3.05) is 18.0 Å². The second kappa shape index (κ2) is 5.92. The highest BCUT2D eigenvalue weighted by molar-refractivity contribution is 5.49. The molecule has 0 atom stereocenters. The molecule has 1 heterocycles. The van der Waals surface area contributed by atoms with Crippen molar-refractivity contribution in [1.29, 1.82) is 0 Å². The maximum atomic E-state index is 2.53. The smallest absolute Gasteiger partial charge is 0.0369 e. The number of benzene rings is 2. The molecule has 2 aromatic carbocycles. The van der Waals surface area contributed by atoms with Gasteiger partial charge in [-0.15, -0.1) is 0 Å². The van der Waals surface area contributed by atoms with Crippen molar-refractivity contribution in [3.63, 3.8) is 0 Å². The van der Waals surface area contributed by atoms with Gasteiger partial charge in [-0.2, -0.15) is 0 Å². The van der Waals surface area contributed by atoms with Crippen LogP contribution in [0.25, 0.3) is 0 Å². The molecule has 0 saturated carbocycles. The van der Waals surface area contributed by atoms with Gasteiger partial charge in [-0.05, 0) is 48.9 Å². The van der Waals surface area contributed by atoms with E-state index in [1.54, 1.807) is 0 Å². The molecule has 0 unspecified atom stereocenters. The second-order valence-electron chi connectivity index (χ2n) is 5.38. The van der Waals surface area contributed by atoms with Gasteiger partial charge >= 0.3 is 0 Å². The van der Waals surface area contributed by atoms with Crippen LogP contribution in [0.3, 0.4) is 0 Å². The van der Waals surface area contributed by atoms with Crippen molar-refractivity contribution >= 4 is 5.69 Å². The van der Waals surface area contributed by atoms with Crippen LogP contribution in [0.1, 0.15) is 30.4 Å². The molecule has 1 fully saturated rings. The van der Waals surface area contributed by atoms with Crippen LogP contribution in [-0.2, 0) is 6.42 Å². The Labute approximate surface area is 115 Å². The van der Waals surface area contributed by atoms with E-state index in [2.05, 4.69) is 59.5 Å². The lowest BCUT2D eigenvalue weighted by atomic mass is 10.0. The lowest BCUT2D eigenvalue weighted by Crippen LogP contribution is -2.29. The van der Waals surface area contributed by atoms with Gasteiger partial charge in [0.2, 0.25) is 0 Å². The van der Waals surface area contributed by atoms with E-state index in [-0.39, 0.29) is 0 Å². The molecule has 0 bridgehead atoms. The first-order chi connectivity index (χ1) is 9.42. The normalized spacial score (nSPS) is 15.5. The van der Waals surface area contributed by atoms with Crippen LogP contribution in [0.4, 0.5) is 5.69 Å². The molecule has 19 heavy (non-hydrogen) atoms. The Morgan fingerprint density at radius 2 is 1.47 bits per heavy atom. The van der Waals surface area contributed by atoms with Gasteiger partial charge in [0.05, 0.1) is 0 Å². The quantitative estimate of drug-likeness (QED) is 0.787. The number of nitrogens with zero attached hydrogens (tertiary/aromatic N) is 1. The van der Waals surface area contributed by atoms with Crippen molar-refractivity contribution in [3.8, 4) is 0 Å². The van der Waals surface area contributed by atoms with E-state index in [1.807, 2.05) is 0 Å². The summed E-state index contributed by atoms with van der Waals surface area (Å²) in [5, 5.41) is 0. The number of piperidine rings is 1. The minimum absolute atomic E-state index is 1.03. The average Bonchev–Trinajstić information content (AvgIpc) is 2.49. The van der Waals surface area contributed by atoms with Crippen molar-refractivity contribution in [2.45, 2.75) is 25.7 Å². The third-order valence-corrected chi connectivity index (χ3v) is 3.88. The highest BCUT2D eigenvalue weighted by atomic mass is 15.1. The summed E-state index contributed by atoms with van der Waals surface area (Å²) in [7, 11) is 0. The van der Waals surface area contributed by atoms with E-state index < -0.39 is 0 Å². The number of hydrogen-bond donors (Lipinski definition) is 0. The van der Waals surface area contributed by atoms with Gasteiger partial charge in [0, 0.05) is 18.8 Å². The molecule has 0 N–H and O–H groups in total. The lowest BCUT2D eigenvalue weighted by molar-refractivity contribution is 0.578. The van der Waals surface area contributed by atoms with E-state index in [0.29, 0.717) is 0 Å². The van der Waals surface area contributed by atoms with Crippen LogP contribution in [0.5, 0.6) is 0 Å². The van der Waals surface area contributed by atoms with E-state index in [9.17, 15) is 0 Å². The number of anilines is 1. The summed E-state index contributed by atoms with van der Waals surface area (Å²) < 4.78 is 0. The zero-order chi connectivity index (χ0) is 12.9. The molecule has 0 spiro atoms. The molecular weight excluding hydrogens is 230 g/mol. The van der Waals surface area contributed by atoms with Gasteiger partial charge in [0.15, 0.2) is 0 Å². The van der Waals surface area contributed by atoms with Gasteiger partial charge in [-0.1, -0.05) is 42.5 Å². The molecule has 98 valence electrons. The van der Waals surface area contributed by atoms with Crippen LogP contribution in [0, 0.1) is 0 Å². The Balaban J connectivity index is 1.76. The fraction of sp³-hybridized carbons (Fsp3) is 0.333. The topological polar surface area (TPSA) is 3.24 Å². The molecule has 1 heteroatoms. The van der Waals surface area contributed by atoms with Gasteiger partial charge in [0.25, 0.3) is 0 Å². The van der Waals surface area contributed by atoms with Crippen LogP contribution in [0.2, 0.25) is 0 Å². The zero-order valence-corrected chi connectivity index (χ0v) is 11.4. The Hall–Kier alpha value is -1.76. The molecule has 0 radical (unpaired) electrons. The highest BCUT2D eigenvalue weighted by Crippen LogP contribution is 2.22. The minimum atomic E-state index is 1.03. The fourth-order valence-electron chi connectivity index (χ4n) is 2.85. The Bertz CT molecular complexity index is 512. The van der Waals surface area contributed by atoms with E-state index >= 15 is 0 Å². The van der Waals surface area contributed by atoms with Crippen LogP contribution in [-0.4, -0.2) is 13.1 Å². The molecule has 0 aromatic heterocycles. The largest absolute Gasteiger partial charge is 0.372 e. The van der Waals surface area contributed by atoms with Crippen LogP contribution in [0.15, 0.2) is 54.6 Å². The monoisotopic (exact) mass is 251 g/mol. The molecule has 1 saturated heterocycles. The van der Waals surface area contributed by atoms with E-state index in [4.69, 9.17) is 0 Å². The van der Waals surface area contributed by atoms with Crippen molar-refractivity contribution in [2.24, 2.45) is 0 Å². The lowest BCUT2D eigenvalue weighted by Gasteiger charge is -2.29. The Kier molecular flexibility index (Phi) is 3.83. The first kappa shape index (κ1) is 12.3. The maximum absolute atomic E-state index is 2.53. The predicted octanol–water partition coefficient (Wildman–Crippen LogP) is 4.27. The average molecular weight is 251 g/mol. The molecule has 2 aromatic rings. The fourth-order valence-corrected chi connectivity index (χ4v) is 2.85. The van der Waals surface area contributed by atoms with Gasteiger partial charge in [0.1, 0.15) is 0 Å². The molecule has 1 aliphatic rings. The first-order valence-corrected chi connectivity index (χ1v) is 7.30. The second-order valence-corrected chi connectivity index (χ2v) is 5.38. The third kappa shape index (κ3) is 3.17. The number of rotatable bonds is 3. The number of hydrogen-bond acceptors (Lipinski definition) is 1. The van der Waals surface area contributed by atoms with Gasteiger partial charge in [-0.25, -0.2) is 0 Å². The van der Waals surface area contributed by atoms with Gasteiger partial charge in [-0.3, -0.25) is 0 Å². The maximum Gasteiger partial charge on any atom is 0.0369 e. The van der Waals surface area contributed by atoms with Crippen LogP contribution < -0.4 is 4.90 Å². The summed E-state index contributed by atoms with van der Waals surface area (Å²) in [5.41, 5.74) is 4.20. The van der Waals surface area contributed by atoms with Crippen molar-refractivity contribution < 1.29 is 0 Å². The summed E-state index contributed by atoms with van der Waals surface area (Å²) in [6, 6.07) is 19.8. The minimum Gasteiger partial charge on any atom is -0.372 e. The molecule has 3 rings (SSSR count). The predicted molar refractivity (Wildman–Crippen MR) is 81.8 cm³/mol. The summed E-state index contributed by atoms with van der Waals surface area (Å²) in [6.07, 6.45) is 5.09. The Morgan fingerprint density at radius 1 is 0.737 bits per heavy atom. The van der Waals surface area contributed by atoms with E-state index in [1.165, 1.54) is 49.2 Å². The molecule has 0 aliphatic carbocycles. The van der Waals surface area contributed by atoms with Crippen molar-refractivity contribution in [1.82, 2.24) is 0 Å². The summed E-state index contributed by atoms with van der Waals surface area (Å²) in [6.45, 7) is 2.43. The van der Waals surface area contributed by atoms with Crippen LogP contribution >= 0.6 is 0 Å². The molecule has 1 nitrogen and oxygen atoms in total. The summed E-state index contributed by atoms with van der Waals surface area (Å²) in [4.78, 5) is 2.53. The van der Waals surface area contributed by atoms with Crippen molar-refractivity contribution in [3.05, 3.63) is 65.7 Å². The van der Waals surface area contributed by atoms with Gasteiger partial charge < -0.3 is 4.90 Å². The summed E-state index contributed by atoms with van der Waals surface area (Å²) >= 11 is 0. The molecule has 0 amide bonds. The molecule has 1 aliphatic heterocycles. The third-order valence-electron chi connectivity index (χ3n) is 3.88. The Morgan fingerprint density at radius 3 is 2.26 bits per heavy atom. The molecular formula is C18H21N. The first-order valence-electron chi connectivity index (χ1n) is 7.30. The SMILES string of the molecule is c1ccc(Cc2cccc(N3CCCCC3)c2)cc1. The standard InChI is InChI=1S/C18H21N/c1-3-8-16(9-4-1)14-17-10-7-11-18(15-17)19-12-5-2-6-13-19/h1,3-4,7-11,15H,2,5-6,12-14H2.